The molecule has 2 amide bonds. The molecule has 0 aliphatic rings. The number of aromatic carboxylic acids is 2. The van der Waals surface area contributed by atoms with Crippen molar-refractivity contribution in [3.05, 3.63) is 125 Å². The zero-order valence-corrected chi connectivity index (χ0v) is 21.2. The van der Waals surface area contributed by atoms with Crippen LogP contribution in [0.4, 0.5) is 21.5 Å². The highest BCUT2D eigenvalue weighted by molar-refractivity contribution is 6.08. The molecule has 3 N–H and O–H groups in total. The molecule has 4 aromatic carbocycles. The monoisotopic (exact) mass is 538 g/mol. The third-order valence-corrected chi connectivity index (χ3v) is 5.94. The Labute approximate surface area is 228 Å². The van der Waals surface area contributed by atoms with Gasteiger partial charge < -0.3 is 15.5 Å². The van der Waals surface area contributed by atoms with Gasteiger partial charge in [0, 0.05) is 23.9 Å². The summed E-state index contributed by atoms with van der Waals surface area (Å²) in [6.45, 7) is 1.36. The number of hydrogen-bond donors (Lipinski definition) is 3. The first kappa shape index (κ1) is 27.5. The molecule has 0 aliphatic carbocycles. The van der Waals surface area contributed by atoms with Gasteiger partial charge in [-0.3, -0.25) is 14.5 Å². The van der Waals surface area contributed by atoms with E-state index in [1.807, 2.05) is 0 Å². The van der Waals surface area contributed by atoms with Crippen molar-refractivity contribution in [2.45, 2.75) is 6.92 Å². The van der Waals surface area contributed by atoms with Gasteiger partial charge in [-0.1, -0.05) is 30.4 Å². The summed E-state index contributed by atoms with van der Waals surface area (Å²) in [4.78, 5) is 49.6. The SMILES string of the molecule is CC(=O)N(c1ccc(C(=O)O)cc1)c1ccc(C(=O)Nc2ccc(C=Cc3ccc(F)cc3)cc2C(=O)O)cc1. The number of anilines is 3. The molecule has 0 heterocycles. The van der Waals surface area contributed by atoms with Crippen LogP contribution >= 0.6 is 0 Å². The maximum absolute atomic E-state index is 13.1. The van der Waals surface area contributed by atoms with E-state index in [0.29, 0.717) is 16.9 Å². The van der Waals surface area contributed by atoms with Gasteiger partial charge in [0.05, 0.1) is 16.8 Å². The number of carboxylic acids is 2. The van der Waals surface area contributed by atoms with Crippen LogP contribution in [0.5, 0.6) is 0 Å². The highest BCUT2D eigenvalue weighted by Crippen LogP contribution is 2.27. The van der Waals surface area contributed by atoms with E-state index in [-0.39, 0.29) is 34.1 Å². The summed E-state index contributed by atoms with van der Waals surface area (Å²) in [6.07, 6.45) is 3.39. The number of carboxylic acid groups (broad SMARTS) is 2. The topological polar surface area (TPSA) is 124 Å². The molecule has 4 rings (SSSR count). The van der Waals surface area contributed by atoms with E-state index in [0.717, 1.165) is 5.56 Å². The molecule has 0 aliphatic heterocycles. The lowest BCUT2D eigenvalue weighted by molar-refractivity contribution is -0.115. The van der Waals surface area contributed by atoms with Crippen LogP contribution in [0.15, 0.2) is 91.0 Å². The Kier molecular flexibility index (Phi) is 8.15. The van der Waals surface area contributed by atoms with Crippen molar-refractivity contribution in [1.29, 1.82) is 0 Å². The Hall–Kier alpha value is -5.57. The second kappa shape index (κ2) is 11.9. The van der Waals surface area contributed by atoms with Crippen molar-refractivity contribution in [3.8, 4) is 0 Å². The Bertz CT molecular complexity index is 1610. The number of hydrogen-bond acceptors (Lipinski definition) is 4. The van der Waals surface area contributed by atoms with E-state index in [1.54, 1.807) is 42.5 Å². The van der Waals surface area contributed by atoms with Gasteiger partial charge in [-0.25, -0.2) is 14.0 Å². The van der Waals surface area contributed by atoms with E-state index in [4.69, 9.17) is 5.11 Å². The zero-order valence-electron chi connectivity index (χ0n) is 21.2. The summed E-state index contributed by atoms with van der Waals surface area (Å²) < 4.78 is 13.1. The highest BCUT2D eigenvalue weighted by Gasteiger charge is 2.17. The molecular weight excluding hydrogens is 515 g/mol. The van der Waals surface area contributed by atoms with Crippen LogP contribution in [0.3, 0.4) is 0 Å². The molecule has 0 fully saturated rings. The molecule has 0 saturated heterocycles. The van der Waals surface area contributed by atoms with Crippen molar-refractivity contribution in [2.75, 3.05) is 10.2 Å². The van der Waals surface area contributed by atoms with Gasteiger partial charge >= 0.3 is 11.9 Å². The Morgan fingerprint density at radius 3 is 1.75 bits per heavy atom. The van der Waals surface area contributed by atoms with Crippen LogP contribution in [0.2, 0.25) is 0 Å². The summed E-state index contributed by atoms with van der Waals surface area (Å²) in [5, 5.41) is 21.4. The lowest BCUT2D eigenvalue weighted by atomic mass is 10.1. The van der Waals surface area contributed by atoms with Crippen molar-refractivity contribution >= 4 is 53.0 Å². The third kappa shape index (κ3) is 6.46. The van der Waals surface area contributed by atoms with Gasteiger partial charge in [-0.15, -0.1) is 0 Å². The average Bonchev–Trinajstić information content (AvgIpc) is 2.93. The van der Waals surface area contributed by atoms with E-state index < -0.39 is 17.8 Å². The van der Waals surface area contributed by atoms with Crippen molar-refractivity contribution in [1.82, 2.24) is 0 Å². The first-order chi connectivity index (χ1) is 19.1. The smallest absolute Gasteiger partial charge is 0.337 e. The number of nitrogens with one attached hydrogen (secondary N) is 1. The maximum Gasteiger partial charge on any atom is 0.337 e. The van der Waals surface area contributed by atoms with Crippen LogP contribution in [0.25, 0.3) is 12.2 Å². The van der Waals surface area contributed by atoms with E-state index >= 15 is 0 Å². The predicted molar refractivity (Wildman–Crippen MR) is 149 cm³/mol. The number of benzene rings is 4. The molecule has 0 atom stereocenters. The quantitative estimate of drug-likeness (QED) is 0.225. The molecule has 0 radical (unpaired) electrons. The summed E-state index contributed by atoms with van der Waals surface area (Å²) >= 11 is 0. The minimum atomic E-state index is -1.23. The van der Waals surface area contributed by atoms with E-state index in [9.17, 15) is 28.7 Å². The number of amides is 2. The molecular formula is C31H23FN2O6. The molecule has 0 bridgehead atoms. The largest absolute Gasteiger partial charge is 0.478 e. The lowest BCUT2D eigenvalue weighted by Crippen LogP contribution is -2.23. The van der Waals surface area contributed by atoms with Gasteiger partial charge in [0.25, 0.3) is 5.91 Å². The van der Waals surface area contributed by atoms with Crippen LogP contribution < -0.4 is 10.2 Å². The standard InChI is InChI=1S/C31H23FN2O6/c1-19(35)34(26-15-9-23(10-16-26)30(37)38)25-13-7-22(8-14-25)29(36)33-28-17-6-21(18-27(28)31(39)40)3-2-20-4-11-24(32)12-5-20/h2-18H,1H3,(H,33,36)(H,37,38)(H,39,40). The Balaban J connectivity index is 1.52. The number of carbonyl (C=O) groups is 4. The fourth-order valence-electron chi connectivity index (χ4n) is 3.94. The van der Waals surface area contributed by atoms with Gasteiger partial charge in [0.15, 0.2) is 0 Å². The second-order valence-electron chi connectivity index (χ2n) is 8.70. The van der Waals surface area contributed by atoms with Crippen LogP contribution in [0, 0.1) is 5.82 Å². The summed E-state index contributed by atoms with van der Waals surface area (Å²) in [5.74, 6) is -3.54. The van der Waals surface area contributed by atoms with E-state index in [2.05, 4.69) is 5.32 Å². The molecule has 40 heavy (non-hydrogen) atoms. The van der Waals surface area contributed by atoms with Crippen molar-refractivity contribution < 1.29 is 33.8 Å². The van der Waals surface area contributed by atoms with Crippen LogP contribution in [-0.2, 0) is 4.79 Å². The van der Waals surface area contributed by atoms with Crippen molar-refractivity contribution in [3.63, 3.8) is 0 Å². The minimum absolute atomic E-state index is 0.0805. The van der Waals surface area contributed by atoms with Crippen LogP contribution in [0.1, 0.15) is 49.1 Å². The summed E-state index contributed by atoms with van der Waals surface area (Å²) in [6, 6.07) is 22.3. The number of nitrogens with zero attached hydrogens (tertiary/aromatic N) is 1. The number of halogens is 1. The normalized spacial score (nSPS) is 10.8. The lowest BCUT2D eigenvalue weighted by Gasteiger charge is -2.21. The summed E-state index contributed by atoms with van der Waals surface area (Å²) in [5.41, 5.74) is 2.51. The average molecular weight is 539 g/mol. The molecule has 0 spiro atoms. The maximum atomic E-state index is 13.1. The molecule has 0 aromatic heterocycles. The first-order valence-corrected chi connectivity index (χ1v) is 12.0. The first-order valence-electron chi connectivity index (χ1n) is 12.0. The second-order valence-corrected chi connectivity index (χ2v) is 8.70. The number of rotatable bonds is 8. The van der Waals surface area contributed by atoms with Gasteiger partial charge in [0.1, 0.15) is 5.82 Å². The third-order valence-electron chi connectivity index (χ3n) is 5.94. The van der Waals surface area contributed by atoms with Gasteiger partial charge in [-0.2, -0.15) is 0 Å². The molecule has 9 heteroatoms. The zero-order chi connectivity index (χ0) is 28.8. The Morgan fingerprint density at radius 2 is 1.23 bits per heavy atom. The molecule has 8 nitrogen and oxygen atoms in total. The van der Waals surface area contributed by atoms with E-state index in [1.165, 1.54) is 72.5 Å². The fourth-order valence-corrected chi connectivity index (χ4v) is 3.94. The van der Waals surface area contributed by atoms with Crippen molar-refractivity contribution in [2.24, 2.45) is 0 Å². The fraction of sp³-hybridized carbons (Fsp3) is 0.0323. The molecule has 0 unspecified atom stereocenters. The Morgan fingerprint density at radius 1 is 0.700 bits per heavy atom. The molecule has 0 saturated carbocycles. The predicted octanol–water partition coefficient (Wildman–Crippen LogP) is 6.33. The van der Waals surface area contributed by atoms with Gasteiger partial charge in [-0.05, 0) is 83.9 Å². The number of carbonyl (C=O) groups excluding carboxylic acids is 2. The van der Waals surface area contributed by atoms with Crippen LogP contribution in [-0.4, -0.2) is 34.0 Å². The molecule has 200 valence electrons. The van der Waals surface area contributed by atoms with Gasteiger partial charge in [0.2, 0.25) is 5.91 Å². The highest BCUT2D eigenvalue weighted by atomic mass is 19.1. The molecule has 4 aromatic rings. The summed E-state index contributed by atoms with van der Waals surface area (Å²) in [7, 11) is 0. The minimum Gasteiger partial charge on any atom is -0.478 e.